The second kappa shape index (κ2) is 7.48. The van der Waals surface area contributed by atoms with Crippen molar-refractivity contribution in [1.29, 1.82) is 0 Å². The van der Waals surface area contributed by atoms with Crippen LogP contribution in [0.5, 0.6) is 0 Å². The molecule has 0 radical (unpaired) electrons. The van der Waals surface area contributed by atoms with E-state index < -0.39 is 21.7 Å². The van der Waals surface area contributed by atoms with Crippen LogP contribution in [0, 0.1) is 5.82 Å². The van der Waals surface area contributed by atoms with E-state index in [1.54, 1.807) is 6.92 Å². The molecule has 0 aromatic heterocycles. The molecule has 0 saturated heterocycles. The first-order valence-corrected chi connectivity index (χ1v) is 9.04. The van der Waals surface area contributed by atoms with E-state index in [0.29, 0.717) is 5.02 Å². The maximum absolute atomic E-state index is 14.1. The highest BCUT2D eigenvalue weighted by atomic mass is 35.5. The van der Waals surface area contributed by atoms with Crippen molar-refractivity contribution in [3.05, 3.63) is 57.8 Å². The van der Waals surface area contributed by atoms with Gasteiger partial charge in [-0.3, -0.25) is 4.79 Å². The van der Waals surface area contributed by atoms with Crippen LogP contribution in [0.4, 0.5) is 10.1 Å². The fraction of sp³-hybridized carbons (Fsp3) is 0.133. The Morgan fingerprint density at radius 1 is 1.17 bits per heavy atom. The molecule has 1 amide bonds. The summed E-state index contributed by atoms with van der Waals surface area (Å²) in [6.45, 7) is 1.79. The van der Waals surface area contributed by atoms with Crippen molar-refractivity contribution in [2.45, 2.75) is 11.8 Å². The Morgan fingerprint density at radius 3 is 2.46 bits per heavy atom. The third-order valence-corrected chi connectivity index (χ3v) is 5.10. The summed E-state index contributed by atoms with van der Waals surface area (Å²) in [4.78, 5) is 11.9. The molecule has 0 bridgehead atoms. The van der Waals surface area contributed by atoms with Crippen LogP contribution in [0.2, 0.25) is 10.0 Å². The van der Waals surface area contributed by atoms with Crippen LogP contribution >= 0.6 is 23.2 Å². The largest absolute Gasteiger partial charge is 0.319 e. The van der Waals surface area contributed by atoms with Gasteiger partial charge in [0.1, 0.15) is 5.82 Å². The quantitative estimate of drug-likeness (QED) is 0.817. The first-order valence-electron chi connectivity index (χ1n) is 6.80. The van der Waals surface area contributed by atoms with E-state index in [9.17, 15) is 17.6 Å². The summed E-state index contributed by atoms with van der Waals surface area (Å²) >= 11 is 11.7. The molecule has 9 heteroatoms. The fourth-order valence-corrected chi connectivity index (χ4v) is 3.45. The van der Waals surface area contributed by atoms with Gasteiger partial charge in [0.25, 0.3) is 5.91 Å². The normalized spacial score (nSPS) is 11.3. The van der Waals surface area contributed by atoms with Gasteiger partial charge in [-0.25, -0.2) is 17.5 Å². The molecular weight excluding hydrogens is 378 g/mol. The molecule has 0 aliphatic rings. The van der Waals surface area contributed by atoms with Gasteiger partial charge in [0, 0.05) is 11.6 Å². The van der Waals surface area contributed by atoms with Gasteiger partial charge in [-0.1, -0.05) is 30.1 Å². The number of anilines is 1. The Hall–Kier alpha value is -1.67. The molecule has 5 nitrogen and oxygen atoms in total. The van der Waals surface area contributed by atoms with Crippen LogP contribution in [-0.2, 0) is 10.0 Å². The molecule has 0 aliphatic carbocycles. The molecule has 128 valence electrons. The van der Waals surface area contributed by atoms with Gasteiger partial charge in [0.2, 0.25) is 10.0 Å². The van der Waals surface area contributed by atoms with E-state index in [-0.39, 0.29) is 27.7 Å². The first-order chi connectivity index (χ1) is 11.2. The molecule has 0 heterocycles. The van der Waals surface area contributed by atoms with Crippen molar-refractivity contribution in [1.82, 2.24) is 4.72 Å². The summed E-state index contributed by atoms with van der Waals surface area (Å²) in [5.41, 5.74) is -0.0497. The lowest BCUT2D eigenvalue weighted by atomic mass is 10.2. The first kappa shape index (κ1) is 18.7. The number of hydrogen-bond acceptors (Lipinski definition) is 3. The van der Waals surface area contributed by atoms with Crippen LogP contribution in [0.3, 0.4) is 0 Å². The molecule has 0 fully saturated rings. The number of benzene rings is 2. The molecule has 2 aromatic rings. The molecule has 0 saturated carbocycles. The third-order valence-electron chi connectivity index (χ3n) is 3.01. The van der Waals surface area contributed by atoms with E-state index in [2.05, 4.69) is 10.0 Å². The number of rotatable bonds is 5. The average Bonchev–Trinajstić information content (AvgIpc) is 2.49. The maximum atomic E-state index is 14.1. The van der Waals surface area contributed by atoms with Crippen molar-refractivity contribution < 1.29 is 17.6 Å². The van der Waals surface area contributed by atoms with E-state index in [1.807, 2.05) is 0 Å². The number of amides is 1. The lowest BCUT2D eigenvalue weighted by molar-refractivity contribution is 0.102. The SMILES string of the molecule is CCNS(=O)(=O)c1ccc(NC(=O)c2ccc(Cl)cc2Cl)c(F)c1. The summed E-state index contributed by atoms with van der Waals surface area (Å²) in [7, 11) is -3.78. The molecule has 2 N–H and O–H groups in total. The predicted octanol–water partition coefficient (Wildman–Crippen LogP) is 3.68. The number of hydrogen-bond donors (Lipinski definition) is 2. The van der Waals surface area contributed by atoms with Gasteiger partial charge in [-0.2, -0.15) is 0 Å². The molecule has 2 rings (SSSR count). The van der Waals surface area contributed by atoms with E-state index in [0.717, 1.165) is 6.07 Å². The van der Waals surface area contributed by atoms with Gasteiger partial charge in [0.05, 0.1) is 21.2 Å². The van der Waals surface area contributed by atoms with Crippen LogP contribution in [-0.4, -0.2) is 20.9 Å². The molecule has 0 aliphatic heterocycles. The van der Waals surface area contributed by atoms with Gasteiger partial charge in [-0.15, -0.1) is 0 Å². The maximum Gasteiger partial charge on any atom is 0.257 e. The standard InChI is InChI=1S/C15H13Cl2FN2O3S/c1-2-19-24(22,23)10-4-6-14(13(18)8-10)20-15(21)11-5-3-9(16)7-12(11)17/h3-8,19H,2H2,1H3,(H,20,21). The van der Waals surface area contributed by atoms with Crippen LogP contribution in [0.15, 0.2) is 41.3 Å². The van der Waals surface area contributed by atoms with E-state index >= 15 is 0 Å². The minimum Gasteiger partial charge on any atom is -0.319 e. The summed E-state index contributed by atoms with van der Waals surface area (Å²) in [6.07, 6.45) is 0. The van der Waals surface area contributed by atoms with E-state index in [4.69, 9.17) is 23.2 Å². The summed E-state index contributed by atoms with van der Waals surface area (Å²) < 4.78 is 40.0. The highest BCUT2D eigenvalue weighted by molar-refractivity contribution is 7.89. The Morgan fingerprint density at radius 2 is 1.88 bits per heavy atom. The molecule has 0 spiro atoms. The zero-order valence-electron chi connectivity index (χ0n) is 12.4. The Balaban J connectivity index is 2.26. The summed E-state index contributed by atoms with van der Waals surface area (Å²) in [6, 6.07) is 7.46. The second-order valence-corrected chi connectivity index (χ2v) is 7.33. The van der Waals surface area contributed by atoms with Gasteiger partial charge in [-0.05, 0) is 36.4 Å². The van der Waals surface area contributed by atoms with Crippen LogP contribution in [0.1, 0.15) is 17.3 Å². The highest BCUT2D eigenvalue weighted by Gasteiger charge is 2.17. The van der Waals surface area contributed by atoms with Crippen molar-refractivity contribution in [2.24, 2.45) is 0 Å². The third kappa shape index (κ3) is 4.24. The average molecular weight is 391 g/mol. The van der Waals surface area contributed by atoms with Gasteiger partial charge >= 0.3 is 0 Å². The minimum atomic E-state index is -3.78. The number of nitrogens with one attached hydrogen (secondary N) is 2. The molecular formula is C15H13Cl2FN2O3S. The smallest absolute Gasteiger partial charge is 0.257 e. The molecule has 24 heavy (non-hydrogen) atoms. The lowest BCUT2D eigenvalue weighted by Gasteiger charge is -2.10. The number of halogens is 3. The Bertz CT molecular complexity index is 888. The van der Waals surface area contributed by atoms with Gasteiger partial charge in [0.15, 0.2) is 0 Å². The number of carbonyl (C=O) groups excluding carboxylic acids is 1. The van der Waals surface area contributed by atoms with Crippen molar-refractivity contribution in [2.75, 3.05) is 11.9 Å². The summed E-state index contributed by atoms with van der Waals surface area (Å²) in [5.74, 6) is -1.52. The molecule has 2 aromatic carbocycles. The van der Waals surface area contributed by atoms with Crippen molar-refractivity contribution >= 4 is 44.8 Å². The number of carbonyl (C=O) groups is 1. The van der Waals surface area contributed by atoms with Gasteiger partial charge < -0.3 is 5.32 Å². The number of sulfonamides is 1. The zero-order valence-corrected chi connectivity index (χ0v) is 14.8. The Kier molecular flexibility index (Phi) is 5.82. The zero-order chi connectivity index (χ0) is 17.9. The minimum absolute atomic E-state index is 0.116. The van der Waals surface area contributed by atoms with Crippen LogP contribution in [0.25, 0.3) is 0 Å². The summed E-state index contributed by atoms with van der Waals surface area (Å²) in [5, 5.41) is 2.82. The van der Waals surface area contributed by atoms with Crippen molar-refractivity contribution in [3.63, 3.8) is 0 Å². The fourth-order valence-electron chi connectivity index (χ4n) is 1.90. The van der Waals surface area contributed by atoms with E-state index in [1.165, 1.54) is 30.3 Å². The highest BCUT2D eigenvalue weighted by Crippen LogP contribution is 2.24. The molecule has 0 atom stereocenters. The topological polar surface area (TPSA) is 75.3 Å². The molecule has 0 unspecified atom stereocenters. The predicted molar refractivity (Wildman–Crippen MR) is 91.7 cm³/mol. The Labute approximate surface area is 148 Å². The monoisotopic (exact) mass is 390 g/mol. The second-order valence-electron chi connectivity index (χ2n) is 4.72. The van der Waals surface area contributed by atoms with Crippen molar-refractivity contribution in [3.8, 4) is 0 Å². The lowest BCUT2D eigenvalue weighted by Crippen LogP contribution is -2.23. The van der Waals surface area contributed by atoms with Crippen LogP contribution < -0.4 is 10.0 Å².